The number of hydrogen-bond acceptors (Lipinski definition) is 8. The Labute approximate surface area is 204 Å². The molecule has 0 atom stereocenters. The van der Waals surface area contributed by atoms with E-state index in [9.17, 15) is 28.8 Å². The summed E-state index contributed by atoms with van der Waals surface area (Å²) in [6.45, 7) is 11.9. The van der Waals surface area contributed by atoms with Crippen LogP contribution >= 0.6 is 23.2 Å². The van der Waals surface area contributed by atoms with Crippen LogP contribution in [0.1, 0.15) is 55.4 Å². The Bertz CT molecular complexity index is 431. The maximum Gasteiger partial charge on any atom is 0.235 e. The van der Waals surface area contributed by atoms with Gasteiger partial charge >= 0.3 is 0 Å². The number of hydrogen-bond donors (Lipinski definition) is 6. The van der Waals surface area contributed by atoms with Gasteiger partial charge in [0.15, 0.2) is 0 Å². The van der Waals surface area contributed by atoms with Gasteiger partial charge in [0.05, 0.1) is 0 Å². The van der Waals surface area contributed by atoms with Crippen LogP contribution in [0.4, 0.5) is 0 Å². The number of amides is 4. The molecule has 0 spiro atoms. The van der Waals surface area contributed by atoms with Crippen LogP contribution in [-0.2, 0) is 28.8 Å². The van der Waals surface area contributed by atoms with Crippen LogP contribution in [-0.4, -0.2) is 63.3 Å². The summed E-state index contributed by atoms with van der Waals surface area (Å²) >= 11 is 9.27. The molecule has 0 aliphatic rings. The summed E-state index contributed by atoms with van der Waals surface area (Å²) in [5, 5.41) is -0.722. The Morgan fingerprint density at radius 3 is 0.710 bits per heavy atom. The third-order valence-electron chi connectivity index (χ3n) is 0.821. The number of nitrogens with two attached hydrogens (primary N) is 2. The summed E-state index contributed by atoms with van der Waals surface area (Å²) in [6, 6.07) is 0. The lowest BCUT2D eigenvalue weighted by molar-refractivity contribution is -0.126. The highest BCUT2D eigenvalue weighted by Crippen LogP contribution is 1.68. The molecule has 0 aliphatic heterocycles. The molecular formula is C14H35B3Cl2N6O6. The molecular weight excluding hydrogens is 452 g/mol. The van der Waals surface area contributed by atoms with Crippen LogP contribution in [0, 0.1) is 0 Å². The SMILES string of the molecule is CC.CC(=O)Cl.CC(=O)Cl.CC(=O)NN.CC(=O)NN.CC(=O)NNC(C)=O.[2H][B].[2H][B].[2H][B]. The maximum atomic E-state index is 10.0. The molecule has 12 nitrogen and oxygen atoms in total. The zero-order chi connectivity index (χ0) is 30.3. The van der Waals surface area contributed by atoms with Gasteiger partial charge in [0.25, 0.3) is 0 Å². The van der Waals surface area contributed by atoms with Crippen LogP contribution in [0.3, 0.4) is 0 Å². The second kappa shape index (κ2) is 51.0. The quantitative estimate of drug-likeness (QED) is 0.0722. The van der Waals surface area contributed by atoms with E-state index in [-0.39, 0.29) is 34.1 Å². The van der Waals surface area contributed by atoms with Crippen molar-refractivity contribution in [2.24, 2.45) is 11.7 Å². The summed E-state index contributed by atoms with van der Waals surface area (Å²) in [5.74, 6) is 8.15. The van der Waals surface area contributed by atoms with Crippen LogP contribution in [0.2, 0.25) is 0 Å². The fourth-order valence-corrected chi connectivity index (χ4v) is 0.176. The Morgan fingerprint density at radius 2 is 0.677 bits per heavy atom. The monoisotopic (exact) mass is 489 g/mol. The van der Waals surface area contributed by atoms with E-state index in [1.165, 1.54) is 41.5 Å². The number of carbonyl (C=O) groups excluding carboxylic acids is 6. The number of hydrazine groups is 3. The van der Waals surface area contributed by atoms with Gasteiger partial charge in [-0.25, -0.2) is 11.7 Å². The lowest BCUT2D eigenvalue weighted by atomic mass is 10.7. The minimum absolute atomic E-state index is 0.218. The van der Waals surface area contributed by atoms with Gasteiger partial charge in [-0.15, -0.1) is 0 Å². The molecule has 0 rings (SSSR count). The standard InChI is InChI=1S/C4H8N2O2.2C2H3ClO.2C2H6N2O.C2H6.3BH/c1-3(7)5-6-4(2)8;2*1-2(3)4;2*1-2(5)4-3;1-2;;;/h1-2H3,(H,5,7)(H,6,8);2*1H3;2*3H2,1H3,(H,4,5);1-2H3;3*1H/i;;;;;;3*1D. The predicted molar refractivity (Wildman–Crippen MR) is 130 cm³/mol. The number of carbonyl (C=O) groups is 6. The largest absolute Gasteiger partial charge is 0.295 e. The molecule has 6 radical (unpaired) electrons. The number of nitrogens with one attached hydrogen (secondary N) is 4. The molecule has 0 aromatic rings. The van der Waals surface area contributed by atoms with Gasteiger partial charge in [-0.1, -0.05) is 13.8 Å². The molecule has 0 aromatic heterocycles. The Balaban J connectivity index is -0.0000000311. The van der Waals surface area contributed by atoms with Crippen LogP contribution in [0.25, 0.3) is 0 Å². The summed E-state index contributed by atoms with van der Waals surface area (Å²) < 4.78 is 15.8. The van der Waals surface area contributed by atoms with E-state index in [1.807, 2.05) is 24.7 Å². The molecule has 0 aromatic carbocycles. The Kier molecular flexibility index (Phi) is 70.6. The number of rotatable bonds is 0. The minimum atomic E-state index is -0.361. The van der Waals surface area contributed by atoms with Gasteiger partial charge in [-0.2, -0.15) is 0 Å². The van der Waals surface area contributed by atoms with E-state index in [4.69, 9.17) is 4.01 Å². The van der Waals surface area contributed by atoms with E-state index < -0.39 is 0 Å². The van der Waals surface area contributed by atoms with Crippen LogP contribution in [0.15, 0.2) is 0 Å². The highest BCUT2D eigenvalue weighted by atomic mass is 35.5. The first-order valence-electron chi connectivity index (χ1n) is 9.16. The van der Waals surface area contributed by atoms with Gasteiger partial charge in [0.1, 0.15) is 0 Å². The summed E-state index contributed by atoms with van der Waals surface area (Å²) in [6.07, 6.45) is 0. The van der Waals surface area contributed by atoms with Crippen LogP contribution in [0.5, 0.6) is 0 Å². The normalized spacial score (nSPS) is 6.65. The van der Waals surface area contributed by atoms with Crippen molar-refractivity contribution < 1.29 is 28.8 Å². The predicted octanol–water partition coefficient (Wildman–Crippen LogP) is -2.21. The third-order valence-corrected chi connectivity index (χ3v) is 0.821. The maximum absolute atomic E-state index is 10.0. The lowest BCUT2D eigenvalue weighted by Crippen LogP contribution is -2.38. The van der Waals surface area contributed by atoms with Gasteiger partial charge in [0.2, 0.25) is 34.1 Å². The summed E-state index contributed by atoms with van der Waals surface area (Å²) in [7, 11) is 11.2. The van der Waals surface area contributed by atoms with E-state index in [2.05, 4.69) is 70.9 Å². The molecule has 0 saturated heterocycles. The Hall–Kier alpha value is -2.09. The molecule has 0 unspecified atom stereocenters. The van der Waals surface area contributed by atoms with E-state index in [1.54, 1.807) is 0 Å². The van der Waals surface area contributed by atoms with Gasteiger partial charge < -0.3 is 0 Å². The molecule has 0 saturated carbocycles. The van der Waals surface area contributed by atoms with Crippen molar-refractivity contribution >= 4 is 82.4 Å². The second-order valence-corrected chi connectivity index (χ2v) is 4.77. The molecule has 180 valence electrons. The molecule has 0 aliphatic carbocycles. The van der Waals surface area contributed by atoms with E-state index in [0.717, 1.165) is 0 Å². The first-order valence-corrected chi connectivity index (χ1v) is 8.19. The van der Waals surface area contributed by atoms with Crippen molar-refractivity contribution in [2.75, 3.05) is 0 Å². The van der Waals surface area contributed by atoms with Crippen molar-refractivity contribution in [3.63, 3.8) is 0 Å². The average Bonchev–Trinajstić information content (AvgIpc) is 2.78. The van der Waals surface area contributed by atoms with Crippen molar-refractivity contribution in [1.82, 2.24) is 21.7 Å². The summed E-state index contributed by atoms with van der Waals surface area (Å²) in [5.41, 5.74) is 7.99. The highest BCUT2D eigenvalue weighted by Gasteiger charge is 1.88. The van der Waals surface area contributed by atoms with Crippen molar-refractivity contribution in [2.45, 2.75) is 55.4 Å². The zero-order valence-corrected chi connectivity index (χ0v) is 20.6. The topological polar surface area (TPSA) is 203 Å². The molecule has 17 heteroatoms. The molecule has 8 N–H and O–H groups in total. The first kappa shape index (κ1) is 42.9. The average molecular weight is 490 g/mol. The smallest absolute Gasteiger partial charge is 0.235 e. The highest BCUT2D eigenvalue weighted by molar-refractivity contribution is 6.63. The van der Waals surface area contributed by atoms with Gasteiger partial charge in [0, 0.05) is 66.7 Å². The lowest BCUT2D eigenvalue weighted by Gasteiger charge is -1.97. The molecule has 0 fully saturated rings. The zero-order valence-electron chi connectivity index (χ0n) is 22.1. The van der Waals surface area contributed by atoms with E-state index in [0.29, 0.717) is 0 Å². The summed E-state index contributed by atoms with van der Waals surface area (Å²) in [4.78, 5) is 57.6. The molecule has 31 heavy (non-hydrogen) atoms. The molecule has 4 amide bonds. The third kappa shape index (κ3) is 392. The molecule has 0 heterocycles. The number of halogens is 2. The van der Waals surface area contributed by atoms with Gasteiger partial charge in [-0.3, -0.25) is 50.5 Å². The molecule has 0 bridgehead atoms. The van der Waals surface area contributed by atoms with Crippen molar-refractivity contribution in [3.05, 3.63) is 0 Å². The van der Waals surface area contributed by atoms with Crippen molar-refractivity contribution in [3.8, 4) is 0 Å². The van der Waals surface area contributed by atoms with E-state index >= 15 is 0 Å². The van der Waals surface area contributed by atoms with Crippen molar-refractivity contribution in [1.29, 1.82) is 4.01 Å². The fraction of sp³-hybridized carbons (Fsp3) is 0.571. The fourth-order valence-electron chi connectivity index (χ4n) is 0.176. The Morgan fingerprint density at radius 1 is 0.581 bits per heavy atom. The van der Waals surface area contributed by atoms with Gasteiger partial charge in [-0.05, 0) is 27.2 Å². The van der Waals surface area contributed by atoms with Crippen LogP contribution < -0.4 is 33.4 Å². The second-order valence-electron chi connectivity index (χ2n) is 3.70. The first-order chi connectivity index (χ1) is 15.6. The minimum Gasteiger partial charge on any atom is -0.295 e.